The highest BCUT2D eigenvalue weighted by molar-refractivity contribution is 5.40. The van der Waals surface area contributed by atoms with Crippen LogP contribution in [0.1, 0.15) is 12.6 Å². The molecule has 2 heterocycles. The quantitative estimate of drug-likeness (QED) is 0.694. The van der Waals surface area contributed by atoms with Crippen molar-refractivity contribution in [3.05, 3.63) is 24.0 Å². The van der Waals surface area contributed by atoms with Gasteiger partial charge in [0.25, 0.3) is 0 Å². The third-order valence-electron chi connectivity index (χ3n) is 1.92. The van der Waals surface area contributed by atoms with Crippen molar-refractivity contribution in [3.63, 3.8) is 0 Å². The minimum atomic E-state index is 0.598. The summed E-state index contributed by atoms with van der Waals surface area (Å²) in [6.45, 7) is 2.07. The van der Waals surface area contributed by atoms with Crippen molar-refractivity contribution in [2.75, 3.05) is 7.11 Å². The Hall–Kier alpha value is -1.58. The van der Waals surface area contributed by atoms with E-state index in [1.54, 1.807) is 17.8 Å². The van der Waals surface area contributed by atoms with Crippen molar-refractivity contribution >= 4 is 5.65 Å². The van der Waals surface area contributed by atoms with Crippen molar-refractivity contribution in [2.24, 2.45) is 0 Å². The van der Waals surface area contributed by atoms with Gasteiger partial charge in [-0.05, 0) is 18.6 Å². The number of methoxy groups -OCH3 is 1. The van der Waals surface area contributed by atoms with E-state index >= 15 is 0 Å². The standard InChI is InChI=1S/C9H11N3O/c1-3-7-4-5-8-10-9(13-2)6-12(8)11-7/h4-6H,3H2,1-2H3. The first-order valence-corrected chi connectivity index (χ1v) is 4.23. The number of aromatic nitrogens is 3. The molecule has 0 aromatic carbocycles. The van der Waals surface area contributed by atoms with Gasteiger partial charge in [-0.1, -0.05) is 6.92 Å². The van der Waals surface area contributed by atoms with E-state index in [2.05, 4.69) is 17.0 Å². The largest absolute Gasteiger partial charge is 0.480 e. The van der Waals surface area contributed by atoms with Crippen LogP contribution < -0.4 is 4.74 Å². The van der Waals surface area contributed by atoms with Crippen molar-refractivity contribution in [1.82, 2.24) is 14.6 Å². The molecule has 0 saturated heterocycles. The van der Waals surface area contributed by atoms with E-state index in [9.17, 15) is 0 Å². The van der Waals surface area contributed by atoms with Gasteiger partial charge >= 0.3 is 0 Å². The molecule has 0 aliphatic heterocycles. The summed E-state index contributed by atoms with van der Waals surface area (Å²) < 4.78 is 6.73. The van der Waals surface area contributed by atoms with E-state index in [-0.39, 0.29) is 0 Å². The van der Waals surface area contributed by atoms with E-state index in [0.717, 1.165) is 17.8 Å². The second-order valence-electron chi connectivity index (χ2n) is 2.76. The molecule has 0 aliphatic carbocycles. The maximum Gasteiger partial charge on any atom is 0.234 e. The molecule has 0 fully saturated rings. The number of hydrogen-bond acceptors (Lipinski definition) is 3. The number of fused-ring (bicyclic) bond motifs is 1. The van der Waals surface area contributed by atoms with Gasteiger partial charge < -0.3 is 4.74 Å². The van der Waals surface area contributed by atoms with Crippen molar-refractivity contribution in [1.29, 1.82) is 0 Å². The zero-order valence-corrected chi connectivity index (χ0v) is 7.69. The van der Waals surface area contributed by atoms with E-state index in [0.29, 0.717) is 5.88 Å². The molecule has 0 N–H and O–H groups in total. The van der Waals surface area contributed by atoms with Gasteiger partial charge in [0.15, 0.2) is 5.65 Å². The topological polar surface area (TPSA) is 39.4 Å². The third-order valence-corrected chi connectivity index (χ3v) is 1.92. The van der Waals surface area contributed by atoms with Gasteiger partial charge in [0.1, 0.15) is 0 Å². The molecule has 4 heteroatoms. The normalized spacial score (nSPS) is 10.6. The lowest BCUT2D eigenvalue weighted by atomic mass is 10.3. The first-order valence-electron chi connectivity index (χ1n) is 4.23. The van der Waals surface area contributed by atoms with Crippen LogP contribution in [0.3, 0.4) is 0 Å². The summed E-state index contributed by atoms with van der Waals surface area (Å²) in [5.74, 6) is 0.598. The Labute approximate surface area is 76.2 Å². The van der Waals surface area contributed by atoms with Gasteiger partial charge in [0, 0.05) is 0 Å². The number of rotatable bonds is 2. The van der Waals surface area contributed by atoms with Crippen LogP contribution >= 0.6 is 0 Å². The highest BCUT2D eigenvalue weighted by Gasteiger charge is 2.01. The molecule has 0 bridgehead atoms. The minimum Gasteiger partial charge on any atom is -0.480 e. The van der Waals surface area contributed by atoms with Crippen molar-refractivity contribution < 1.29 is 4.74 Å². The van der Waals surface area contributed by atoms with Gasteiger partial charge in [0.2, 0.25) is 5.88 Å². The summed E-state index contributed by atoms with van der Waals surface area (Å²) >= 11 is 0. The maximum atomic E-state index is 5.00. The van der Waals surface area contributed by atoms with Crippen LogP contribution in [-0.2, 0) is 6.42 Å². The van der Waals surface area contributed by atoms with Crippen LogP contribution in [0.15, 0.2) is 18.3 Å². The monoisotopic (exact) mass is 177 g/mol. The number of aryl methyl sites for hydroxylation is 1. The van der Waals surface area contributed by atoms with Gasteiger partial charge in [-0.15, -0.1) is 0 Å². The summed E-state index contributed by atoms with van der Waals surface area (Å²) in [5.41, 5.74) is 1.86. The third kappa shape index (κ3) is 1.35. The Morgan fingerprint density at radius 1 is 1.46 bits per heavy atom. The van der Waals surface area contributed by atoms with E-state index in [1.807, 2.05) is 12.1 Å². The number of nitrogens with zero attached hydrogens (tertiary/aromatic N) is 3. The Morgan fingerprint density at radius 3 is 3.00 bits per heavy atom. The van der Waals surface area contributed by atoms with Crippen LogP contribution in [0, 0.1) is 0 Å². The summed E-state index contributed by atoms with van der Waals surface area (Å²) in [5, 5.41) is 4.34. The molecular formula is C9H11N3O. The molecular weight excluding hydrogens is 166 g/mol. The number of hydrogen-bond donors (Lipinski definition) is 0. The second kappa shape index (κ2) is 3.05. The lowest BCUT2D eigenvalue weighted by molar-refractivity contribution is 0.400. The van der Waals surface area contributed by atoms with Crippen LogP contribution in [0.25, 0.3) is 5.65 Å². The van der Waals surface area contributed by atoms with Crippen molar-refractivity contribution in [3.8, 4) is 5.88 Å². The van der Waals surface area contributed by atoms with E-state index in [1.165, 1.54) is 0 Å². The molecule has 0 aliphatic rings. The molecule has 0 atom stereocenters. The first kappa shape index (κ1) is 8.04. The summed E-state index contributed by atoms with van der Waals surface area (Å²) in [7, 11) is 1.60. The minimum absolute atomic E-state index is 0.598. The average molecular weight is 177 g/mol. The fraction of sp³-hybridized carbons (Fsp3) is 0.333. The fourth-order valence-corrected chi connectivity index (χ4v) is 1.19. The Kier molecular flexibility index (Phi) is 1.88. The highest BCUT2D eigenvalue weighted by atomic mass is 16.5. The van der Waals surface area contributed by atoms with Gasteiger partial charge in [-0.2, -0.15) is 10.1 Å². The predicted molar refractivity (Wildman–Crippen MR) is 48.9 cm³/mol. The molecule has 0 unspecified atom stereocenters. The molecule has 0 spiro atoms. The SMILES string of the molecule is CCc1ccc2nc(OC)cn2n1. The first-order chi connectivity index (χ1) is 6.33. The molecule has 0 radical (unpaired) electrons. The molecule has 2 aromatic rings. The zero-order chi connectivity index (χ0) is 9.26. The zero-order valence-electron chi connectivity index (χ0n) is 7.69. The molecule has 68 valence electrons. The van der Waals surface area contributed by atoms with Gasteiger partial charge in [-0.3, -0.25) is 0 Å². The Morgan fingerprint density at radius 2 is 2.31 bits per heavy atom. The average Bonchev–Trinajstić information content (AvgIpc) is 2.58. The summed E-state index contributed by atoms with van der Waals surface area (Å²) in [4.78, 5) is 4.18. The van der Waals surface area contributed by atoms with Crippen molar-refractivity contribution in [2.45, 2.75) is 13.3 Å². The van der Waals surface area contributed by atoms with E-state index in [4.69, 9.17) is 4.74 Å². The number of imidazole rings is 1. The molecule has 0 amide bonds. The predicted octanol–water partition coefficient (Wildman–Crippen LogP) is 1.30. The number of ether oxygens (including phenoxy) is 1. The maximum absolute atomic E-state index is 5.00. The highest BCUT2D eigenvalue weighted by Crippen LogP contribution is 2.10. The molecule has 0 saturated carbocycles. The smallest absolute Gasteiger partial charge is 0.234 e. The Bertz CT molecular complexity index is 420. The summed E-state index contributed by atoms with van der Waals surface area (Å²) in [6, 6.07) is 3.91. The summed E-state index contributed by atoms with van der Waals surface area (Å²) in [6.07, 6.45) is 2.70. The van der Waals surface area contributed by atoms with E-state index < -0.39 is 0 Å². The molecule has 2 rings (SSSR count). The van der Waals surface area contributed by atoms with Gasteiger partial charge in [0.05, 0.1) is 19.0 Å². The fourth-order valence-electron chi connectivity index (χ4n) is 1.19. The lowest BCUT2D eigenvalue weighted by Gasteiger charge is -1.94. The van der Waals surface area contributed by atoms with Crippen LogP contribution in [-0.4, -0.2) is 21.7 Å². The van der Waals surface area contributed by atoms with Crippen LogP contribution in [0.2, 0.25) is 0 Å². The molecule has 13 heavy (non-hydrogen) atoms. The van der Waals surface area contributed by atoms with Gasteiger partial charge in [-0.25, -0.2) is 4.52 Å². The second-order valence-corrected chi connectivity index (χ2v) is 2.76. The Balaban J connectivity index is 2.57. The molecule has 4 nitrogen and oxygen atoms in total. The van der Waals surface area contributed by atoms with Crippen LogP contribution in [0.5, 0.6) is 5.88 Å². The molecule has 2 aromatic heterocycles. The van der Waals surface area contributed by atoms with Crippen LogP contribution in [0.4, 0.5) is 0 Å². The lowest BCUT2D eigenvalue weighted by Crippen LogP contribution is -1.94.